The minimum atomic E-state index is -0.751. The lowest BCUT2D eigenvalue weighted by molar-refractivity contribution is 0.0201. The van der Waals surface area contributed by atoms with E-state index in [1.165, 1.54) is 7.11 Å². The van der Waals surface area contributed by atoms with Gasteiger partial charge in [-0.3, -0.25) is 0 Å². The van der Waals surface area contributed by atoms with E-state index in [1.807, 2.05) is 19.1 Å². The molecule has 0 saturated carbocycles. The van der Waals surface area contributed by atoms with Crippen molar-refractivity contribution < 1.29 is 19.0 Å². The highest BCUT2D eigenvalue weighted by Crippen LogP contribution is 2.29. The quantitative estimate of drug-likeness (QED) is 0.666. The van der Waals surface area contributed by atoms with E-state index in [0.29, 0.717) is 11.5 Å². The SMILES string of the molecule is CCC(N)Cc1ccc(OC(=O)OC(C)(C)C)c(OC)c1. The number of hydrogen-bond acceptors (Lipinski definition) is 5. The van der Waals surface area contributed by atoms with Gasteiger partial charge in [0, 0.05) is 6.04 Å². The van der Waals surface area contributed by atoms with Gasteiger partial charge in [-0.15, -0.1) is 0 Å². The van der Waals surface area contributed by atoms with Crippen molar-refractivity contribution in [3.63, 3.8) is 0 Å². The summed E-state index contributed by atoms with van der Waals surface area (Å²) in [4.78, 5) is 11.7. The highest BCUT2D eigenvalue weighted by atomic mass is 16.7. The molecule has 118 valence electrons. The summed E-state index contributed by atoms with van der Waals surface area (Å²) >= 11 is 0. The Kier molecular flexibility index (Phi) is 6.03. The standard InChI is InChI=1S/C16H25NO4/c1-6-12(17)9-11-7-8-13(14(10-11)19-5)20-15(18)21-16(2,3)4/h7-8,10,12H,6,9,17H2,1-5H3. The van der Waals surface area contributed by atoms with Crippen LogP contribution in [0.5, 0.6) is 11.5 Å². The molecule has 1 atom stereocenters. The lowest BCUT2D eigenvalue weighted by Crippen LogP contribution is -2.26. The van der Waals surface area contributed by atoms with Crippen molar-refractivity contribution in [3.8, 4) is 11.5 Å². The molecule has 1 unspecified atom stereocenters. The first-order valence-electron chi connectivity index (χ1n) is 7.08. The number of benzene rings is 1. The smallest absolute Gasteiger partial charge is 0.493 e. The van der Waals surface area contributed by atoms with Crippen LogP contribution in [-0.2, 0) is 11.2 Å². The van der Waals surface area contributed by atoms with Crippen molar-refractivity contribution in [1.29, 1.82) is 0 Å². The maximum absolute atomic E-state index is 11.7. The Labute approximate surface area is 126 Å². The molecule has 0 heterocycles. The van der Waals surface area contributed by atoms with E-state index in [1.54, 1.807) is 26.8 Å². The topological polar surface area (TPSA) is 70.8 Å². The molecule has 5 nitrogen and oxygen atoms in total. The van der Waals surface area contributed by atoms with E-state index in [4.69, 9.17) is 19.9 Å². The first kappa shape index (κ1) is 17.3. The van der Waals surface area contributed by atoms with Crippen LogP contribution < -0.4 is 15.2 Å². The van der Waals surface area contributed by atoms with Gasteiger partial charge in [0.2, 0.25) is 0 Å². The van der Waals surface area contributed by atoms with Crippen LogP contribution in [0.15, 0.2) is 18.2 Å². The van der Waals surface area contributed by atoms with Gasteiger partial charge in [-0.1, -0.05) is 13.0 Å². The van der Waals surface area contributed by atoms with Gasteiger partial charge in [0.1, 0.15) is 5.60 Å². The maximum Gasteiger partial charge on any atom is 0.514 e. The molecule has 0 fully saturated rings. The number of methoxy groups -OCH3 is 1. The molecule has 0 aromatic heterocycles. The Morgan fingerprint density at radius 1 is 1.29 bits per heavy atom. The van der Waals surface area contributed by atoms with Crippen molar-refractivity contribution >= 4 is 6.16 Å². The molecule has 1 rings (SSSR count). The highest BCUT2D eigenvalue weighted by Gasteiger charge is 2.19. The molecule has 2 N–H and O–H groups in total. The molecule has 1 aromatic rings. The first-order chi connectivity index (χ1) is 9.75. The van der Waals surface area contributed by atoms with Gasteiger partial charge in [0.15, 0.2) is 11.5 Å². The number of carbonyl (C=O) groups is 1. The van der Waals surface area contributed by atoms with E-state index in [2.05, 4.69) is 0 Å². The molecule has 0 amide bonds. The van der Waals surface area contributed by atoms with Gasteiger partial charge < -0.3 is 19.9 Å². The Balaban J connectivity index is 2.81. The molecule has 0 aliphatic heterocycles. The number of hydrogen-bond donors (Lipinski definition) is 1. The van der Waals surface area contributed by atoms with Crippen molar-refractivity contribution in [2.45, 2.75) is 52.2 Å². The van der Waals surface area contributed by atoms with Crippen LogP contribution in [0.3, 0.4) is 0 Å². The molecule has 0 bridgehead atoms. The molecular formula is C16H25NO4. The summed E-state index contributed by atoms with van der Waals surface area (Å²) in [5.74, 6) is 0.822. The van der Waals surface area contributed by atoms with Crippen molar-refractivity contribution in [2.24, 2.45) is 5.73 Å². The predicted octanol–water partition coefficient (Wildman–Crippen LogP) is 3.29. The second-order valence-corrected chi connectivity index (χ2v) is 5.92. The summed E-state index contributed by atoms with van der Waals surface area (Å²) in [5, 5.41) is 0. The predicted molar refractivity (Wildman–Crippen MR) is 81.8 cm³/mol. The van der Waals surface area contributed by atoms with Crippen LogP contribution >= 0.6 is 0 Å². The lowest BCUT2D eigenvalue weighted by Gasteiger charge is -2.19. The average Bonchev–Trinajstić information content (AvgIpc) is 2.38. The fourth-order valence-corrected chi connectivity index (χ4v) is 1.73. The van der Waals surface area contributed by atoms with E-state index >= 15 is 0 Å². The second-order valence-electron chi connectivity index (χ2n) is 5.92. The molecule has 0 spiro atoms. The number of nitrogens with two attached hydrogens (primary N) is 1. The fraction of sp³-hybridized carbons (Fsp3) is 0.562. The molecular weight excluding hydrogens is 270 g/mol. The fourth-order valence-electron chi connectivity index (χ4n) is 1.73. The van der Waals surface area contributed by atoms with Crippen LogP contribution in [0.4, 0.5) is 4.79 Å². The second kappa shape index (κ2) is 7.31. The minimum absolute atomic E-state index is 0.104. The van der Waals surface area contributed by atoms with Gasteiger partial charge in [0.05, 0.1) is 7.11 Å². The first-order valence-corrected chi connectivity index (χ1v) is 7.08. The van der Waals surface area contributed by atoms with Gasteiger partial charge in [-0.2, -0.15) is 0 Å². The van der Waals surface area contributed by atoms with Crippen molar-refractivity contribution in [1.82, 2.24) is 0 Å². The zero-order chi connectivity index (χ0) is 16.0. The Bertz CT molecular complexity index is 480. The summed E-state index contributed by atoms with van der Waals surface area (Å²) in [6.07, 6.45) is 0.900. The lowest BCUT2D eigenvalue weighted by atomic mass is 10.0. The number of carbonyl (C=O) groups excluding carboxylic acids is 1. The van der Waals surface area contributed by atoms with Gasteiger partial charge in [-0.25, -0.2) is 4.79 Å². The summed E-state index contributed by atoms with van der Waals surface area (Å²) in [6.45, 7) is 7.38. The summed E-state index contributed by atoms with van der Waals surface area (Å²) in [6, 6.07) is 5.50. The Morgan fingerprint density at radius 2 is 1.95 bits per heavy atom. The van der Waals surface area contributed by atoms with Gasteiger partial charge >= 0.3 is 6.16 Å². The Morgan fingerprint density at radius 3 is 2.48 bits per heavy atom. The van der Waals surface area contributed by atoms with Crippen LogP contribution in [0, 0.1) is 0 Å². The number of ether oxygens (including phenoxy) is 3. The van der Waals surface area contributed by atoms with E-state index in [0.717, 1.165) is 18.4 Å². The van der Waals surface area contributed by atoms with Crippen LogP contribution in [0.25, 0.3) is 0 Å². The summed E-state index contributed by atoms with van der Waals surface area (Å²) in [7, 11) is 1.53. The average molecular weight is 295 g/mol. The molecule has 0 aliphatic rings. The molecule has 0 radical (unpaired) electrons. The molecule has 21 heavy (non-hydrogen) atoms. The Hall–Kier alpha value is -1.75. The third-order valence-electron chi connectivity index (χ3n) is 2.83. The third-order valence-corrected chi connectivity index (χ3v) is 2.83. The molecule has 1 aromatic carbocycles. The van der Waals surface area contributed by atoms with Crippen LogP contribution in [0.2, 0.25) is 0 Å². The third kappa shape index (κ3) is 6.04. The monoisotopic (exact) mass is 295 g/mol. The van der Waals surface area contributed by atoms with Crippen molar-refractivity contribution in [2.75, 3.05) is 7.11 Å². The zero-order valence-electron chi connectivity index (χ0n) is 13.4. The van der Waals surface area contributed by atoms with Gasteiger partial charge in [-0.05, 0) is 51.3 Å². The zero-order valence-corrected chi connectivity index (χ0v) is 13.4. The van der Waals surface area contributed by atoms with E-state index in [9.17, 15) is 4.79 Å². The largest absolute Gasteiger partial charge is 0.514 e. The molecule has 0 saturated heterocycles. The van der Waals surface area contributed by atoms with Crippen LogP contribution in [-0.4, -0.2) is 24.9 Å². The number of rotatable bonds is 5. The van der Waals surface area contributed by atoms with Gasteiger partial charge in [0.25, 0.3) is 0 Å². The minimum Gasteiger partial charge on any atom is -0.493 e. The normalized spacial score (nSPS) is 12.7. The highest BCUT2D eigenvalue weighted by molar-refractivity contribution is 5.66. The summed E-state index contributed by atoms with van der Waals surface area (Å²) in [5.41, 5.74) is 6.38. The molecule has 0 aliphatic carbocycles. The van der Waals surface area contributed by atoms with Crippen molar-refractivity contribution in [3.05, 3.63) is 23.8 Å². The molecule has 5 heteroatoms. The van der Waals surface area contributed by atoms with Crippen LogP contribution in [0.1, 0.15) is 39.7 Å². The summed E-state index contributed by atoms with van der Waals surface area (Å²) < 4.78 is 15.6. The van der Waals surface area contributed by atoms with E-state index in [-0.39, 0.29) is 6.04 Å². The maximum atomic E-state index is 11.7. The van der Waals surface area contributed by atoms with E-state index < -0.39 is 11.8 Å².